The second-order valence-corrected chi connectivity index (χ2v) is 5.12. The second-order valence-electron chi connectivity index (χ2n) is 5.12. The molecule has 0 spiro atoms. The molecule has 2 rings (SSSR count). The summed E-state index contributed by atoms with van der Waals surface area (Å²) < 4.78 is 11.6. The molecular weight excluding hydrogens is 196 g/mol. The van der Waals surface area contributed by atoms with Gasteiger partial charge in [0.05, 0.1) is 12.2 Å². The highest BCUT2D eigenvalue weighted by Gasteiger charge is 2.56. The summed E-state index contributed by atoms with van der Waals surface area (Å²) in [6.45, 7) is 5.98. The zero-order chi connectivity index (χ0) is 11.2. The number of aliphatic hydroxyl groups excluding tert-OH is 2. The van der Waals surface area contributed by atoms with E-state index in [1.54, 1.807) is 0 Å². The molecule has 1 saturated carbocycles. The number of rotatable bonds is 2. The zero-order valence-electron chi connectivity index (χ0n) is 9.51. The Kier molecular flexibility index (Phi) is 2.79. The molecular formula is C11H20O4. The van der Waals surface area contributed by atoms with Gasteiger partial charge < -0.3 is 19.7 Å². The molecule has 0 bridgehead atoms. The normalized spacial score (nSPS) is 48.2. The molecule has 1 aliphatic carbocycles. The molecule has 2 aliphatic rings. The van der Waals surface area contributed by atoms with E-state index in [0.717, 1.165) is 0 Å². The SMILES string of the molecule is CC1C(CO)C2OC(C)(C)OC2C1CO. The summed E-state index contributed by atoms with van der Waals surface area (Å²) in [5.74, 6) is -0.190. The Bertz CT molecular complexity index is 219. The average molecular weight is 216 g/mol. The lowest BCUT2D eigenvalue weighted by Gasteiger charge is -2.26. The van der Waals surface area contributed by atoms with Gasteiger partial charge in [-0.05, 0) is 19.8 Å². The van der Waals surface area contributed by atoms with Crippen molar-refractivity contribution in [3.8, 4) is 0 Å². The molecule has 2 fully saturated rings. The molecule has 1 heterocycles. The van der Waals surface area contributed by atoms with Crippen molar-refractivity contribution >= 4 is 0 Å². The van der Waals surface area contributed by atoms with Crippen LogP contribution in [0.5, 0.6) is 0 Å². The minimum atomic E-state index is -0.587. The summed E-state index contributed by atoms with van der Waals surface area (Å²) in [7, 11) is 0. The Morgan fingerprint density at radius 2 is 1.40 bits per heavy atom. The van der Waals surface area contributed by atoms with E-state index in [1.807, 2.05) is 20.8 Å². The van der Waals surface area contributed by atoms with Crippen LogP contribution in [0.15, 0.2) is 0 Å². The summed E-state index contributed by atoms with van der Waals surface area (Å²) in [5.41, 5.74) is 0. The summed E-state index contributed by atoms with van der Waals surface area (Å²) in [6.07, 6.45) is -0.144. The van der Waals surface area contributed by atoms with Crippen LogP contribution < -0.4 is 0 Å². The largest absolute Gasteiger partial charge is 0.396 e. The lowest BCUT2D eigenvalue weighted by molar-refractivity contribution is -0.169. The van der Waals surface area contributed by atoms with Gasteiger partial charge in [-0.25, -0.2) is 0 Å². The van der Waals surface area contributed by atoms with Gasteiger partial charge in [-0.2, -0.15) is 0 Å². The maximum Gasteiger partial charge on any atom is 0.163 e. The topological polar surface area (TPSA) is 58.9 Å². The second kappa shape index (κ2) is 3.70. The smallest absolute Gasteiger partial charge is 0.163 e. The fraction of sp³-hybridized carbons (Fsp3) is 1.00. The van der Waals surface area contributed by atoms with Gasteiger partial charge in [0.2, 0.25) is 0 Å². The van der Waals surface area contributed by atoms with E-state index in [2.05, 4.69) is 0 Å². The van der Waals surface area contributed by atoms with E-state index in [0.29, 0.717) is 0 Å². The third-order valence-corrected chi connectivity index (χ3v) is 3.78. The van der Waals surface area contributed by atoms with Crippen molar-refractivity contribution in [2.45, 2.75) is 38.8 Å². The first kappa shape index (κ1) is 11.3. The van der Waals surface area contributed by atoms with Crippen molar-refractivity contribution in [1.82, 2.24) is 0 Å². The van der Waals surface area contributed by atoms with E-state index < -0.39 is 5.79 Å². The van der Waals surface area contributed by atoms with Gasteiger partial charge in [-0.3, -0.25) is 0 Å². The molecule has 4 nitrogen and oxygen atoms in total. The summed E-state index contributed by atoms with van der Waals surface area (Å²) in [4.78, 5) is 0. The first-order chi connectivity index (χ1) is 7.00. The maximum atomic E-state index is 9.35. The molecule has 1 aliphatic heterocycles. The molecule has 0 aromatic rings. The van der Waals surface area contributed by atoms with Crippen molar-refractivity contribution in [3.63, 3.8) is 0 Å². The predicted octanol–water partition coefficient (Wildman–Crippen LogP) is 0.373. The number of aliphatic hydroxyl groups is 2. The van der Waals surface area contributed by atoms with Crippen LogP contribution >= 0.6 is 0 Å². The van der Waals surface area contributed by atoms with Gasteiger partial charge in [-0.1, -0.05) is 6.92 Å². The quantitative estimate of drug-likeness (QED) is 0.700. The van der Waals surface area contributed by atoms with Gasteiger partial charge in [0.25, 0.3) is 0 Å². The Balaban J connectivity index is 2.20. The molecule has 4 heteroatoms. The minimum absolute atomic E-state index is 0.0721. The molecule has 15 heavy (non-hydrogen) atoms. The summed E-state index contributed by atoms with van der Waals surface area (Å²) in [6, 6.07) is 0. The van der Waals surface area contributed by atoms with Crippen molar-refractivity contribution in [3.05, 3.63) is 0 Å². The van der Waals surface area contributed by atoms with E-state index in [-0.39, 0.29) is 43.2 Å². The van der Waals surface area contributed by atoms with Crippen molar-refractivity contribution in [1.29, 1.82) is 0 Å². The number of hydrogen-bond acceptors (Lipinski definition) is 4. The van der Waals surface area contributed by atoms with E-state index in [4.69, 9.17) is 9.47 Å². The zero-order valence-corrected chi connectivity index (χ0v) is 9.51. The van der Waals surface area contributed by atoms with E-state index in [9.17, 15) is 10.2 Å². The molecule has 0 aromatic heterocycles. The van der Waals surface area contributed by atoms with E-state index >= 15 is 0 Å². The van der Waals surface area contributed by atoms with Crippen LogP contribution in [0.2, 0.25) is 0 Å². The molecule has 4 unspecified atom stereocenters. The van der Waals surface area contributed by atoms with Crippen LogP contribution in [0, 0.1) is 17.8 Å². The first-order valence-electron chi connectivity index (χ1n) is 5.57. The van der Waals surface area contributed by atoms with Crippen LogP contribution in [-0.2, 0) is 9.47 Å². The summed E-state index contributed by atoms with van der Waals surface area (Å²) in [5, 5.41) is 18.7. The average Bonchev–Trinajstić information content (AvgIpc) is 2.55. The summed E-state index contributed by atoms with van der Waals surface area (Å²) >= 11 is 0. The van der Waals surface area contributed by atoms with E-state index in [1.165, 1.54) is 0 Å². The lowest BCUT2D eigenvalue weighted by atomic mass is 9.91. The van der Waals surface area contributed by atoms with Crippen LogP contribution in [0.3, 0.4) is 0 Å². The Morgan fingerprint density at radius 3 is 1.73 bits per heavy atom. The highest BCUT2D eigenvalue weighted by Crippen LogP contribution is 2.47. The van der Waals surface area contributed by atoms with Crippen LogP contribution in [0.4, 0.5) is 0 Å². The van der Waals surface area contributed by atoms with Gasteiger partial charge in [-0.15, -0.1) is 0 Å². The third-order valence-electron chi connectivity index (χ3n) is 3.78. The molecule has 2 N–H and O–H groups in total. The number of hydrogen-bond donors (Lipinski definition) is 2. The fourth-order valence-electron chi connectivity index (χ4n) is 2.94. The van der Waals surface area contributed by atoms with Gasteiger partial charge in [0.1, 0.15) is 0 Å². The Labute approximate surface area is 90.2 Å². The van der Waals surface area contributed by atoms with Crippen LogP contribution in [-0.4, -0.2) is 41.4 Å². The van der Waals surface area contributed by atoms with Gasteiger partial charge in [0.15, 0.2) is 5.79 Å². The maximum absolute atomic E-state index is 9.35. The molecule has 1 saturated heterocycles. The third kappa shape index (κ3) is 1.69. The highest BCUT2D eigenvalue weighted by atomic mass is 16.8. The van der Waals surface area contributed by atoms with Crippen molar-refractivity contribution in [2.75, 3.05) is 13.2 Å². The predicted molar refractivity (Wildman–Crippen MR) is 54.1 cm³/mol. The first-order valence-corrected chi connectivity index (χ1v) is 5.57. The Hall–Kier alpha value is -0.160. The highest BCUT2D eigenvalue weighted by molar-refractivity contribution is 5.01. The monoisotopic (exact) mass is 216 g/mol. The Morgan fingerprint density at radius 1 is 1.00 bits per heavy atom. The number of fused-ring (bicyclic) bond motifs is 1. The van der Waals surface area contributed by atoms with Crippen molar-refractivity contribution in [2.24, 2.45) is 17.8 Å². The van der Waals surface area contributed by atoms with Gasteiger partial charge >= 0.3 is 0 Å². The molecule has 0 radical (unpaired) electrons. The van der Waals surface area contributed by atoms with Crippen molar-refractivity contribution < 1.29 is 19.7 Å². The molecule has 0 aromatic carbocycles. The fourth-order valence-corrected chi connectivity index (χ4v) is 2.94. The lowest BCUT2D eigenvalue weighted by Crippen LogP contribution is -2.30. The molecule has 88 valence electrons. The molecule has 0 amide bonds. The van der Waals surface area contributed by atoms with Gasteiger partial charge in [0, 0.05) is 25.0 Å². The number of ether oxygens (including phenoxy) is 2. The standard InChI is InChI=1S/C11H20O4/c1-6-7(4-12)9-10(8(6)5-13)15-11(2,3)14-9/h6-10,12-13H,4-5H2,1-3H3. The minimum Gasteiger partial charge on any atom is -0.396 e. The van der Waals surface area contributed by atoms with Crippen LogP contribution in [0.1, 0.15) is 20.8 Å². The van der Waals surface area contributed by atoms with Crippen LogP contribution in [0.25, 0.3) is 0 Å². The molecule has 4 atom stereocenters.